The van der Waals surface area contributed by atoms with Crippen LogP contribution >= 0.6 is 0 Å². The predicted molar refractivity (Wildman–Crippen MR) is 107 cm³/mol. The van der Waals surface area contributed by atoms with E-state index in [4.69, 9.17) is 4.74 Å². The molecule has 166 valence electrons. The second kappa shape index (κ2) is 7.55. The van der Waals surface area contributed by atoms with E-state index in [9.17, 15) is 23.1 Å². The number of alkyl halides is 3. The number of fused-ring (bicyclic) bond motifs is 1. The lowest BCUT2D eigenvalue weighted by Crippen LogP contribution is -2.62. The zero-order chi connectivity index (χ0) is 22.5. The van der Waals surface area contributed by atoms with Crippen LogP contribution in [0.2, 0.25) is 0 Å². The Hall–Kier alpha value is -2.09. The molecule has 3 atom stereocenters. The van der Waals surface area contributed by atoms with Crippen molar-refractivity contribution in [3.05, 3.63) is 29.3 Å². The standard InChI is InChI=1S/C22H29F3N2O3/c1-13-8-14(2)10-16(9-13)30-12-19(28)27-21(29,22(23,24)25)17-11-15(20(3,4)5)6-7-18(17)26-27/h8-10,15,17,29H,6-7,11-12H2,1-5H3/t15-,17-,21-/m0/s1. The van der Waals surface area contributed by atoms with Crippen molar-refractivity contribution in [3.8, 4) is 5.75 Å². The van der Waals surface area contributed by atoms with E-state index in [1.165, 1.54) is 0 Å². The third-order valence-electron chi connectivity index (χ3n) is 6.14. The number of amides is 1. The van der Waals surface area contributed by atoms with Crippen LogP contribution in [0, 0.1) is 31.1 Å². The van der Waals surface area contributed by atoms with Crippen LogP contribution in [-0.2, 0) is 4.79 Å². The first kappa shape index (κ1) is 22.6. The number of aliphatic hydroxyl groups is 1. The van der Waals surface area contributed by atoms with Crippen molar-refractivity contribution in [2.75, 3.05) is 6.61 Å². The molecule has 0 bridgehead atoms. The molecule has 2 aliphatic rings. The Labute approximate surface area is 174 Å². The number of hydrogen-bond donors (Lipinski definition) is 1. The van der Waals surface area contributed by atoms with Gasteiger partial charge in [-0.1, -0.05) is 26.8 Å². The van der Waals surface area contributed by atoms with E-state index in [2.05, 4.69) is 5.10 Å². The number of nitrogens with zero attached hydrogens (tertiary/aromatic N) is 2. The van der Waals surface area contributed by atoms with Gasteiger partial charge in [-0.3, -0.25) is 4.79 Å². The maximum Gasteiger partial charge on any atom is 0.439 e. The number of ether oxygens (including phenoxy) is 1. The van der Waals surface area contributed by atoms with Crippen molar-refractivity contribution in [2.45, 2.75) is 65.8 Å². The zero-order valence-electron chi connectivity index (χ0n) is 18.0. The lowest BCUT2D eigenvalue weighted by molar-refractivity contribution is -0.318. The highest BCUT2D eigenvalue weighted by Gasteiger charge is 2.69. The number of aryl methyl sites for hydroxylation is 2. The molecule has 1 N–H and O–H groups in total. The molecular weight excluding hydrogens is 397 g/mol. The minimum Gasteiger partial charge on any atom is -0.484 e. The second-order valence-corrected chi connectivity index (χ2v) is 9.52. The summed E-state index contributed by atoms with van der Waals surface area (Å²) < 4.78 is 47.6. The van der Waals surface area contributed by atoms with Gasteiger partial charge < -0.3 is 9.84 Å². The molecular formula is C22H29F3N2O3. The molecule has 8 heteroatoms. The molecule has 0 radical (unpaired) electrons. The van der Waals surface area contributed by atoms with Crippen LogP contribution in [0.3, 0.4) is 0 Å². The molecule has 0 aromatic heterocycles. The molecule has 0 spiro atoms. The van der Waals surface area contributed by atoms with Crippen molar-refractivity contribution in [2.24, 2.45) is 22.4 Å². The van der Waals surface area contributed by atoms with Gasteiger partial charge in [0.2, 0.25) is 0 Å². The van der Waals surface area contributed by atoms with Crippen LogP contribution in [0.1, 0.15) is 51.2 Å². The molecule has 30 heavy (non-hydrogen) atoms. The normalized spacial score (nSPS) is 27.0. The maximum absolute atomic E-state index is 14.1. The molecule has 5 nitrogen and oxygen atoms in total. The summed E-state index contributed by atoms with van der Waals surface area (Å²) in [4.78, 5) is 12.7. The Balaban J connectivity index is 1.84. The first-order valence-electron chi connectivity index (χ1n) is 10.1. The number of rotatable bonds is 3. The first-order chi connectivity index (χ1) is 13.7. The van der Waals surface area contributed by atoms with Gasteiger partial charge >= 0.3 is 6.18 Å². The van der Waals surface area contributed by atoms with Crippen LogP contribution in [0.4, 0.5) is 13.2 Å². The van der Waals surface area contributed by atoms with Crippen molar-refractivity contribution in [1.29, 1.82) is 0 Å². The molecule has 1 aromatic rings. The van der Waals surface area contributed by atoms with Crippen LogP contribution in [0.5, 0.6) is 5.75 Å². The van der Waals surface area contributed by atoms with Gasteiger partial charge in [0, 0.05) is 5.71 Å². The summed E-state index contributed by atoms with van der Waals surface area (Å²) >= 11 is 0. The largest absolute Gasteiger partial charge is 0.484 e. The van der Waals surface area contributed by atoms with Crippen molar-refractivity contribution in [3.63, 3.8) is 0 Å². The average Bonchev–Trinajstić information content (AvgIpc) is 2.92. The SMILES string of the molecule is Cc1cc(C)cc(OCC(=O)N2N=C3CC[C@H](C(C)(C)C)C[C@@H]3[C@]2(O)C(F)(F)F)c1. The lowest BCUT2D eigenvalue weighted by atomic mass is 9.66. The molecule has 1 amide bonds. The highest BCUT2D eigenvalue weighted by molar-refractivity contribution is 5.93. The van der Waals surface area contributed by atoms with Crippen LogP contribution in [-0.4, -0.2) is 40.2 Å². The Bertz CT molecular complexity index is 840. The van der Waals surface area contributed by atoms with E-state index < -0.39 is 30.3 Å². The minimum atomic E-state index is -5.04. The molecule has 1 aliphatic heterocycles. The quantitative estimate of drug-likeness (QED) is 0.769. The molecule has 1 saturated carbocycles. The van der Waals surface area contributed by atoms with Gasteiger partial charge in [0.05, 0.1) is 5.92 Å². The summed E-state index contributed by atoms with van der Waals surface area (Å²) in [6.07, 6.45) is -3.92. The third-order valence-corrected chi connectivity index (χ3v) is 6.14. The maximum atomic E-state index is 14.1. The van der Waals surface area contributed by atoms with Gasteiger partial charge in [-0.05, 0) is 67.7 Å². The van der Waals surface area contributed by atoms with Gasteiger partial charge in [0.25, 0.3) is 11.6 Å². The van der Waals surface area contributed by atoms with Crippen molar-refractivity contribution >= 4 is 11.6 Å². The van der Waals surface area contributed by atoms with Crippen LogP contribution in [0.15, 0.2) is 23.3 Å². The average molecular weight is 426 g/mol. The van der Waals surface area contributed by atoms with Crippen molar-refractivity contribution < 1.29 is 27.8 Å². The molecule has 1 aliphatic carbocycles. The molecule has 0 saturated heterocycles. The zero-order valence-corrected chi connectivity index (χ0v) is 18.0. The molecule has 0 unspecified atom stereocenters. The van der Waals surface area contributed by atoms with Crippen LogP contribution in [0.25, 0.3) is 0 Å². The Morgan fingerprint density at radius 3 is 2.37 bits per heavy atom. The molecule has 3 rings (SSSR count). The van der Waals surface area contributed by atoms with E-state index in [0.29, 0.717) is 18.6 Å². The van der Waals surface area contributed by atoms with Crippen LogP contribution < -0.4 is 4.74 Å². The number of benzene rings is 1. The molecule has 1 aromatic carbocycles. The van der Waals surface area contributed by atoms with E-state index in [-0.39, 0.29) is 28.5 Å². The number of hydrogen-bond acceptors (Lipinski definition) is 4. The summed E-state index contributed by atoms with van der Waals surface area (Å²) in [5, 5.41) is 15.0. The van der Waals surface area contributed by atoms with Gasteiger partial charge in [0.15, 0.2) is 6.61 Å². The van der Waals surface area contributed by atoms with E-state index >= 15 is 0 Å². The fraction of sp³-hybridized carbons (Fsp3) is 0.636. The smallest absolute Gasteiger partial charge is 0.439 e. The monoisotopic (exact) mass is 426 g/mol. The summed E-state index contributed by atoms with van der Waals surface area (Å²) in [5.74, 6) is -1.92. The third kappa shape index (κ3) is 4.06. The van der Waals surface area contributed by atoms with Crippen molar-refractivity contribution in [1.82, 2.24) is 5.01 Å². The van der Waals surface area contributed by atoms with E-state index in [1.807, 2.05) is 40.7 Å². The highest BCUT2D eigenvalue weighted by atomic mass is 19.4. The highest BCUT2D eigenvalue weighted by Crippen LogP contribution is 2.51. The molecule has 1 heterocycles. The fourth-order valence-corrected chi connectivity index (χ4v) is 4.48. The summed E-state index contributed by atoms with van der Waals surface area (Å²) in [6.45, 7) is 8.99. The minimum absolute atomic E-state index is 0.0168. The Kier molecular flexibility index (Phi) is 5.69. The summed E-state index contributed by atoms with van der Waals surface area (Å²) in [6, 6.07) is 5.31. The van der Waals surface area contributed by atoms with E-state index in [0.717, 1.165) is 11.1 Å². The van der Waals surface area contributed by atoms with E-state index in [1.54, 1.807) is 12.1 Å². The predicted octanol–water partition coefficient (Wildman–Crippen LogP) is 4.59. The van der Waals surface area contributed by atoms with Gasteiger partial charge in [0.1, 0.15) is 5.75 Å². The topological polar surface area (TPSA) is 62.1 Å². The van der Waals surface area contributed by atoms with Gasteiger partial charge in [-0.25, -0.2) is 0 Å². The number of hydrazone groups is 1. The summed E-state index contributed by atoms with van der Waals surface area (Å²) in [7, 11) is 0. The first-order valence-corrected chi connectivity index (χ1v) is 10.1. The fourth-order valence-electron chi connectivity index (χ4n) is 4.48. The second-order valence-electron chi connectivity index (χ2n) is 9.52. The van der Waals surface area contributed by atoms with Gasteiger partial charge in [-0.15, -0.1) is 0 Å². The Morgan fingerprint density at radius 2 is 1.83 bits per heavy atom. The lowest BCUT2D eigenvalue weighted by Gasteiger charge is -2.42. The molecule has 1 fully saturated rings. The number of carbonyl (C=O) groups is 1. The summed E-state index contributed by atoms with van der Waals surface area (Å²) in [5.41, 5.74) is -1.51. The number of halogens is 3. The number of carbonyl (C=O) groups excluding carboxylic acids is 1. The Morgan fingerprint density at radius 1 is 1.23 bits per heavy atom. The van der Waals surface area contributed by atoms with Gasteiger partial charge in [-0.2, -0.15) is 23.3 Å².